The van der Waals surface area contributed by atoms with Crippen molar-refractivity contribution in [3.63, 3.8) is 0 Å². The minimum absolute atomic E-state index is 0.544. The third kappa shape index (κ3) is 1.54. The summed E-state index contributed by atoms with van der Waals surface area (Å²) in [7, 11) is 0. The molecule has 3 N–H and O–H groups in total. The molecule has 1 fully saturated rings. The number of nitrogens with one attached hydrogen (secondary N) is 1. The lowest BCUT2D eigenvalue weighted by Gasteiger charge is -2.41. The smallest absolute Gasteiger partial charge is 0.149 e. The van der Waals surface area contributed by atoms with Gasteiger partial charge in [0.1, 0.15) is 5.82 Å². The molecule has 2 rings (SSSR count). The highest BCUT2D eigenvalue weighted by molar-refractivity contribution is 5.61. The lowest BCUT2D eigenvalue weighted by atomic mass is 9.71. The minimum atomic E-state index is 0.544. The minimum Gasteiger partial charge on any atom is -0.396 e. The third-order valence-corrected chi connectivity index (χ3v) is 3.32. The predicted octanol–water partition coefficient (Wildman–Crippen LogP) is 2.12. The number of nitrogens with two attached hydrogens (primary N) is 1. The summed E-state index contributed by atoms with van der Waals surface area (Å²) >= 11 is 0. The lowest BCUT2D eigenvalue weighted by molar-refractivity contribution is 0.188. The van der Waals surface area contributed by atoms with Crippen LogP contribution in [-0.2, 0) is 0 Å². The predicted molar refractivity (Wildman–Crippen MR) is 59.0 cm³/mol. The van der Waals surface area contributed by atoms with Crippen molar-refractivity contribution in [2.75, 3.05) is 11.1 Å². The summed E-state index contributed by atoms with van der Waals surface area (Å²) in [5.74, 6) is 2.37. The van der Waals surface area contributed by atoms with Crippen LogP contribution in [0.5, 0.6) is 0 Å². The number of rotatable bonds is 2. The molecule has 1 aromatic heterocycles. The van der Waals surface area contributed by atoms with E-state index in [9.17, 15) is 0 Å². The summed E-state index contributed by atoms with van der Waals surface area (Å²) in [6.07, 6.45) is 2.99. The first-order chi connectivity index (χ1) is 6.68. The summed E-state index contributed by atoms with van der Waals surface area (Å²) in [6.45, 7) is 4.55. The van der Waals surface area contributed by atoms with Gasteiger partial charge in [-0.2, -0.15) is 0 Å². The zero-order valence-electron chi connectivity index (χ0n) is 8.70. The van der Waals surface area contributed by atoms with Gasteiger partial charge in [0.15, 0.2) is 0 Å². The molecule has 0 bridgehead atoms. The SMILES string of the molecule is CC1CC(Nc2ncccc2N)C1C. The molecule has 0 radical (unpaired) electrons. The topological polar surface area (TPSA) is 50.9 Å². The number of aromatic nitrogens is 1. The molecular formula is C11H17N3. The van der Waals surface area contributed by atoms with Crippen LogP contribution < -0.4 is 11.1 Å². The van der Waals surface area contributed by atoms with Crippen LogP contribution in [0.1, 0.15) is 20.3 Å². The van der Waals surface area contributed by atoms with E-state index in [0.717, 1.165) is 23.3 Å². The highest BCUT2D eigenvalue weighted by atomic mass is 15.0. The normalized spacial score (nSPS) is 30.9. The van der Waals surface area contributed by atoms with Gasteiger partial charge < -0.3 is 11.1 Å². The molecule has 1 heterocycles. The molecule has 76 valence electrons. The Labute approximate surface area is 84.7 Å². The molecule has 0 amide bonds. The van der Waals surface area contributed by atoms with E-state index >= 15 is 0 Å². The van der Waals surface area contributed by atoms with E-state index in [1.165, 1.54) is 6.42 Å². The third-order valence-electron chi connectivity index (χ3n) is 3.32. The summed E-state index contributed by atoms with van der Waals surface area (Å²) in [5, 5.41) is 3.39. The van der Waals surface area contributed by atoms with Crippen molar-refractivity contribution in [1.82, 2.24) is 4.98 Å². The van der Waals surface area contributed by atoms with Gasteiger partial charge in [0.05, 0.1) is 5.69 Å². The lowest BCUT2D eigenvalue weighted by Crippen LogP contribution is -2.43. The summed E-state index contributed by atoms with van der Waals surface area (Å²) < 4.78 is 0. The van der Waals surface area contributed by atoms with Crippen LogP contribution in [0.3, 0.4) is 0 Å². The molecule has 3 nitrogen and oxygen atoms in total. The Morgan fingerprint density at radius 3 is 2.86 bits per heavy atom. The largest absolute Gasteiger partial charge is 0.396 e. The summed E-state index contributed by atoms with van der Waals surface area (Å²) in [4.78, 5) is 4.22. The maximum Gasteiger partial charge on any atom is 0.149 e. The first-order valence-electron chi connectivity index (χ1n) is 5.15. The Hall–Kier alpha value is -1.25. The quantitative estimate of drug-likeness (QED) is 0.752. The number of nitrogens with zero attached hydrogens (tertiary/aromatic N) is 1. The average Bonchev–Trinajstić information content (AvgIpc) is 2.20. The van der Waals surface area contributed by atoms with E-state index in [-0.39, 0.29) is 0 Å². The van der Waals surface area contributed by atoms with Crippen molar-refractivity contribution in [3.05, 3.63) is 18.3 Å². The Bertz CT molecular complexity index is 324. The van der Waals surface area contributed by atoms with Gasteiger partial charge in [-0.25, -0.2) is 4.98 Å². The van der Waals surface area contributed by atoms with Crippen LogP contribution in [-0.4, -0.2) is 11.0 Å². The molecule has 0 aliphatic heterocycles. The van der Waals surface area contributed by atoms with Crippen LogP contribution in [0.15, 0.2) is 18.3 Å². The number of anilines is 2. The molecule has 3 atom stereocenters. The highest BCUT2D eigenvalue weighted by Gasteiger charge is 2.34. The van der Waals surface area contributed by atoms with Crippen molar-refractivity contribution >= 4 is 11.5 Å². The molecule has 0 saturated heterocycles. The van der Waals surface area contributed by atoms with Crippen molar-refractivity contribution in [1.29, 1.82) is 0 Å². The highest BCUT2D eigenvalue weighted by Crippen LogP contribution is 2.36. The fraction of sp³-hybridized carbons (Fsp3) is 0.545. The van der Waals surface area contributed by atoms with E-state index in [1.54, 1.807) is 6.20 Å². The van der Waals surface area contributed by atoms with E-state index in [4.69, 9.17) is 5.73 Å². The van der Waals surface area contributed by atoms with E-state index in [0.29, 0.717) is 6.04 Å². The van der Waals surface area contributed by atoms with Gasteiger partial charge in [-0.3, -0.25) is 0 Å². The maximum atomic E-state index is 5.80. The molecule has 1 aliphatic carbocycles. The van der Waals surface area contributed by atoms with Crippen LogP contribution >= 0.6 is 0 Å². The Balaban J connectivity index is 2.02. The van der Waals surface area contributed by atoms with Crippen molar-refractivity contribution < 1.29 is 0 Å². The van der Waals surface area contributed by atoms with Crippen LogP contribution in [0.25, 0.3) is 0 Å². The van der Waals surface area contributed by atoms with Gasteiger partial charge in [-0.15, -0.1) is 0 Å². The number of pyridine rings is 1. The second-order valence-electron chi connectivity index (χ2n) is 4.26. The molecule has 0 aromatic carbocycles. The van der Waals surface area contributed by atoms with Gasteiger partial charge in [0, 0.05) is 12.2 Å². The van der Waals surface area contributed by atoms with Crippen molar-refractivity contribution in [2.45, 2.75) is 26.3 Å². The van der Waals surface area contributed by atoms with Crippen LogP contribution in [0, 0.1) is 11.8 Å². The van der Waals surface area contributed by atoms with Crippen molar-refractivity contribution in [2.24, 2.45) is 11.8 Å². The van der Waals surface area contributed by atoms with Crippen LogP contribution in [0.2, 0.25) is 0 Å². The molecule has 3 heteroatoms. The van der Waals surface area contributed by atoms with Gasteiger partial charge in [-0.1, -0.05) is 13.8 Å². The first kappa shape index (κ1) is 9.31. The summed E-state index contributed by atoms with van der Waals surface area (Å²) in [5.41, 5.74) is 6.54. The summed E-state index contributed by atoms with van der Waals surface area (Å²) in [6, 6.07) is 4.28. The Kier molecular flexibility index (Phi) is 2.32. The first-order valence-corrected chi connectivity index (χ1v) is 5.15. The number of hydrogen-bond donors (Lipinski definition) is 2. The standard InChI is InChI=1S/C11H17N3/c1-7-6-10(8(7)2)14-11-9(12)4-3-5-13-11/h3-5,7-8,10H,6,12H2,1-2H3,(H,13,14). The van der Waals surface area contributed by atoms with Crippen LogP contribution in [0.4, 0.5) is 11.5 Å². The maximum absolute atomic E-state index is 5.80. The van der Waals surface area contributed by atoms with E-state index in [2.05, 4.69) is 24.1 Å². The van der Waals surface area contributed by atoms with Gasteiger partial charge >= 0.3 is 0 Å². The zero-order valence-corrected chi connectivity index (χ0v) is 8.70. The molecular weight excluding hydrogens is 174 g/mol. The molecule has 14 heavy (non-hydrogen) atoms. The molecule has 1 aliphatic rings. The Morgan fingerprint density at radius 2 is 2.29 bits per heavy atom. The average molecular weight is 191 g/mol. The van der Waals surface area contributed by atoms with Gasteiger partial charge in [-0.05, 0) is 30.4 Å². The second kappa shape index (κ2) is 3.48. The molecule has 1 saturated carbocycles. The molecule has 3 unspecified atom stereocenters. The zero-order chi connectivity index (χ0) is 10.1. The number of hydrogen-bond acceptors (Lipinski definition) is 3. The van der Waals surface area contributed by atoms with E-state index in [1.807, 2.05) is 12.1 Å². The van der Waals surface area contributed by atoms with Gasteiger partial charge in [0.25, 0.3) is 0 Å². The molecule has 1 aromatic rings. The monoisotopic (exact) mass is 191 g/mol. The van der Waals surface area contributed by atoms with Crippen molar-refractivity contribution in [3.8, 4) is 0 Å². The van der Waals surface area contributed by atoms with Gasteiger partial charge in [0.2, 0.25) is 0 Å². The number of nitrogen functional groups attached to an aromatic ring is 1. The molecule has 0 spiro atoms. The fourth-order valence-electron chi connectivity index (χ4n) is 1.93. The van der Waals surface area contributed by atoms with E-state index < -0.39 is 0 Å². The second-order valence-corrected chi connectivity index (χ2v) is 4.26. The Morgan fingerprint density at radius 1 is 1.50 bits per heavy atom. The fourth-order valence-corrected chi connectivity index (χ4v) is 1.93.